The van der Waals surface area contributed by atoms with Crippen LogP contribution in [0.4, 0.5) is 0 Å². The van der Waals surface area contributed by atoms with Crippen LogP contribution in [0.1, 0.15) is 122 Å². The van der Waals surface area contributed by atoms with Crippen LogP contribution in [0.5, 0.6) is 0 Å². The Bertz CT molecular complexity index is 713. The van der Waals surface area contributed by atoms with Gasteiger partial charge < -0.3 is 0 Å². The van der Waals surface area contributed by atoms with Gasteiger partial charge in [0.05, 0.1) is 0 Å². The Morgan fingerprint density at radius 3 is 1.55 bits per heavy atom. The molecular formula is C31H47BSe. The van der Waals surface area contributed by atoms with E-state index in [1.165, 1.54) is 122 Å². The third-order valence-corrected chi connectivity index (χ3v) is 12.4. The van der Waals surface area contributed by atoms with E-state index in [1.807, 2.05) is 4.47 Å². The van der Waals surface area contributed by atoms with Crippen molar-refractivity contribution in [2.24, 2.45) is 11.8 Å². The third-order valence-electron chi connectivity index (χ3n) is 9.70. The summed E-state index contributed by atoms with van der Waals surface area (Å²) in [5, 5.41) is 0. The van der Waals surface area contributed by atoms with E-state index in [-0.39, 0.29) is 0 Å². The summed E-state index contributed by atoms with van der Waals surface area (Å²) >= 11 is 0.532. The molecule has 1 aromatic rings. The van der Waals surface area contributed by atoms with Gasteiger partial charge in [-0.3, -0.25) is 0 Å². The summed E-state index contributed by atoms with van der Waals surface area (Å²) in [4.78, 5) is 0. The van der Waals surface area contributed by atoms with Gasteiger partial charge in [0.25, 0.3) is 0 Å². The summed E-state index contributed by atoms with van der Waals surface area (Å²) in [5.41, 5.74) is 2.12. The average Bonchev–Trinajstić information content (AvgIpc) is 3.43. The minimum absolute atomic E-state index is 0.532. The fourth-order valence-electron chi connectivity index (χ4n) is 8.11. The minimum atomic E-state index is 0.532. The molecule has 4 saturated carbocycles. The van der Waals surface area contributed by atoms with Crippen LogP contribution in [0.15, 0.2) is 40.3 Å². The van der Waals surface area contributed by atoms with Crippen molar-refractivity contribution >= 4 is 26.1 Å². The van der Waals surface area contributed by atoms with Gasteiger partial charge in [-0.05, 0) is 0 Å². The Labute approximate surface area is 211 Å². The van der Waals surface area contributed by atoms with Gasteiger partial charge >= 0.3 is 212 Å². The number of allylic oxidation sites excluding steroid dienone is 2. The Hall–Kier alpha value is -0.456. The molecular weight excluding hydrogens is 462 g/mol. The maximum atomic E-state index is 2.45. The van der Waals surface area contributed by atoms with E-state index in [1.54, 1.807) is 4.46 Å². The Kier molecular flexibility index (Phi) is 9.18. The van der Waals surface area contributed by atoms with Crippen molar-refractivity contribution in [3.8, 4) is 0 Å². The zero-order valence-electron chi connectivity index (χ0n) is 21.1. The maximum absolute atomic E-state index is 2.45. The van der Waals surface area contributed by atoms with E-state index < -0.39 is 0 Å². The molecule has 0 bridgehead atoms. The van der Waals surface area contributed by atoms with E-state index in [0.29, 0.717) is 15.0 Å². The normalized spacial score (nSPS) is 25.2. The van der Waals surface area contributed by atoms with Crippen LogP contribution in [-0.2, 0) is 0 Å². The zero-order valence-corrected chi connectivity index (χ0v) is 22.8. The van der Waals surface area contributed by atoms with Crippen LogP contribution in [-0.4, -0.2) is 21.7 Å². The first-order chi connectivity index (χ1) is 16.4. The Morgan fingerprint density at radius 1 is 0.545 bits per heavy atom. The quantitative estimate of drug-likeness (QED) is 0.323. The molecule has 0 aromatic heterocycles. The first kappa shape index (κ1) is 24.2. The Balaban J connectivity index is 1.60. The molecule has 0 radical (unpaired) electrons. The molecule has 5 rings (SSSR count). The van der Waals surface area contributed by atoms with Gasteiger partial charge in [0.1, 0.15) is 0 Å². The van der Waals surface area contributed by atoms with Gasteiger partial charge in [-0.25, -0.2) is 0 Å². The van der Waals surface area contributed by atoms with Crippen molar-refractivity contribution in [3.63, 3.8) is 0 Å². The summed E-state index contributed by atoms with van der Waals surface area (Å²) in [6, 6.07) is 11.7. The molecule has 33 heavy (non-hydrogen) atoms. The molecule has 0 N–H and O–H groups in total. The molecule has 0 heterocycles. The van der Waals surface area contributed by atoms with Crippen molar-refractivity contribution in [2.45, 2.75) is 134 Å². The van der Waals surface area contributed by atoms with E-state index >= 15 is 0 Å². The number of hydrogen-bond acceptors (Lipinski definition) is 0. The van der Waals surface area contributed by atoms with Gasteiger partial charge in [-0.1, -0.05) is 0 Å². The second-order valence-electron chi connectivity index (χ2n) is 11.9. The van der Waals surface area contributed by atoms with Gasteiger partial charge in [0.15, 0.2) is 0 Å². The van der Waals surface area contributed by atoms with Crippen LogP contribution >= 0.6 is 0 Å². The molecule has 0 saturated heterocycles. The summed E-state index contributed by atoms with van der Waals surface area (Å²) < 4.78 is 3.69. The SMILES string of the molecule is c1ccc([Se]/C(=C(\B(C2CCCCC2)C2CCCCC2)C2CCCCC2)C2CCCC2)cc1. The molecule has 1 aromatic carbocycles. The standard InChI is InChI=1S/C31H47BSe/c1-5-15-25(16-6-1)30(31(26-17-13-14-18-26)33-29-23-11-4-12-24-29)32(27-19-7-2-8-20-27)28-21-9-3-10-22-28/h4,11-12,23-28H,1-3,5-10,13-22H2/b31-30-. The third kappa shape index (κ3) is 6.22. The van der Waals surface area contributed by atoms with E-state index in [0.717, 1.165) is 30.2 Å². The van der Waals surface area contributed by atoms with Crippen LogP contribution in [0.3, 0.4) is 0 Å². The van der Waals surface area contributed by atoms with Gasteiger partial charge in [0.2, 0.25) is 0 Å². The summed E-state index contributed by atoms with van der Waals surface area (Å²) in [7, 11) is 0. The van der Waals surface area contributed by atoms with Crippen molar-refractivity contribution in [2.75, 3.05) is 0 Å². The first-order valence-corrected chi connectivity index (χ1v) is 16.6. The van der Waals surface area contributed by atoms with Gasteiger partial charge in [-0.15, -0.1) is 0 Å². The number of hydrogen-bond donors (Lipinski definition) is 0. The predicted molar refractivity (Wildman–Crippen MR) is 147 cm³/mol. The molecule has 4 aliphatic rings. The molecule has 0 spiro atoms. The molecule has 0 unspecified atom stereocenters. The topological polar surface area (TPSA) is 0 Å². The molecule has 4 aliphatic carbocycles. The molecule has 4 fully saturated rings. The second kappa shape index (κ2) is 12.5. The van der Waals surface area contributed by atoms with Crippen molar-refractivity contribution in [1.82, 2.24) is 0 Å². The van der Waals surface area contributed by atoms with Gasteiger partial charge in [-0.2, -0.15) is 0 Å². The molecule has 0 aliphatic heterocycles. The zero-order chi connectivity index (χ0) is 22.3. The molecule has 2 heteroatoms. The van der Waals surface area contributed by atoms with E-state index in [9.17, 15) is 0 Å². The van der Waals surface area contributed by atoms with Gasteiger partial charge in [0, 0.05) is 0 Å². The number of benzene rings is 1. The van der Waals surface area contributed by atoms with Crippen LogP contribution in [0.2, 0.25) is 11.6 Å². The number of rotatable bonds is 7. The predicted octanol–water partition coefficient (Wildman–Crippen LogP) is 8.74. The van der Waals surface area contributed by atoms with Crippen LogP contribution in [0, 0.1) is 11.8 Å². The molecule has 0 atom stereocenters. The summed E-state index contributed by atoms with van der Waals surface area (Å²) in [6.07, 6.45) is 28.6. The van der Waals surface area contributed by atoms with Crippen molar-refractivity contribution in [3.05, 3.63) is 40.3 Å². The molecule has 0 nitrogen and oxygen atoms in total. The first-order valence-electron chi connectivity index (χ1n) is 14.9. The summed E-state index contributed by atoms with van der Waals surface area (Å²) in [5.74, 6) is 3.84. The van der Waals surface area contributed by atoms with Crippen molar-refractivity contribution < 1.29 is 0 Å². The fraction of sp³-hybridized carbons (Fsp3) is 0.742. The monoisotopic (exact) mass is 510 g/mol. The molecule has 180 valence electrons. The van der Waals surface area contributed by atoms with Crippen molar-refractivity contribution in [1.29, 1.82) is 0 Å². The Morgan fingerprint density at radius 2 is 1.00 bits per heavy atom. The molecule has 0 amide bonds. The second-order valence-corrected chi connectivity index (χ2v) is 14.2. The summed E-state index contributed by atoms with van der Waals surface area (Å²) in [6.45, 7) is 0.940. The van der Waals surface area contributed by atoms with E-state index in [2.05, 4.69) is 35.8 Å². The fourth-order valence-corrected chi connectivity index (χ4v) is 11.0. The van der Waals surface area contributed by atoms with E-state index in [4.69, 9.17) is 0 Å². The van der Waals surface area contributed by atoms with Crippen LogP contribution in [0.25, 0.3) is 0 Å². The van der Waals surface area contributed by atoms with Crippen LogP contribution < -0.4 is 4.46 Å². The average molecular weight is 509 g/mol.